The lowest BCUT2D eigenvalue weighted by atomic mass is 9.83. The van der Waals surface area contributed by atoms with Crippen LogP contribution >= 0.6 is 0 Å². The van der Waals surface area contributed by atoms with E-state index in [9.17, 15) is 4.79 Å². The monoisotopic (exact) mass is 320 g/mol. The number of rotatable bonds is 4. The van der Waals surface area contributed by atoms with E-state index in [2.05, 4.69) is 0 Å². The largest absolute Gasteiger partial charge is 0.469 e. The van der Waals surface area contributed by atoms with Gasteiger partial charge in [0.1, 0.15) is 6.10 Å². The molecule has 0 aromatic heterocycles. The maximum atomic E-state index is 12.0. The van der Waals surface area contributed by atoms with Crippen LogP contribution in [0.25, 0.3) is 0 Å². The maximum absolute atomic E-state index is 12.0. The van der Waals surface area contributed by atoms with Crippen molar-refractivity contribution in [3.63, 3.8) is 0 Å². The first-order valence-corrected chi connectivity index (χ1v) is 8.07. The molecule has 1 aliphatic carbocycles. The van der Waals surface area contributed by atoms with Gasteiger partial charge in [-0.05, 0) is 32.3 Å². The highest BCUT2D eigenvalue weighted by Crippen LogP contribution is 2.40. The molecule has 0 amide bonds. The Morgan fingerprint density at radius 2 is 1.96 bits per heavy atom. The van der Waals surface area contributed by atoms with E-state index in [4.69, 9.17) is 18.9 Å². The highest BCUT2D eigenvalue weighted by Gasteiger charge is 2.51. The molecule has 126 valence electrons. The number of esters is 1. The Morgan fingerprint density at radius 1 is 1.22 bits per heavy atom. The molecule has 23 heavy (non-hydrogen) atoms. The van der Waals surface area contributed by atoms with Crippen molar-refractivity contribution in [2.45, 2.75) is 57.4 Å². The standard InChI is InChI=1S/C18H24O5/c1-18(2)22-15-10-13(17(19)20-3)9-14(16(15)23-18)21-11-12-7-5-4-6-8-12/h4-8,13-16H,9-11H2,1-3H3/t13-,14-,15-,16-/m1/s1. The van der Waals surface area contributed by atoms with Gasteiger partial charge in [-0.25, -0.2) is 0 Å². The SMILES string of the molecule is COC(=O)[C@@H]1C[C@@H](OCc2ccccc2)[C@H]2OC(C)(C)O[C@@H]2C1. The van der Waals surface area contributed by atoms with Gasteiger partial charge in [-0.15, -0.1) is 0 Å². The summed E-state index contributed by atoms with van der Waals surface area (Å²) in [5.74, 6) is -1.06. The molecule has 3 rings (SSSR count). The second-order valence-corrected chi connectivity index (χ2v) is 6.67. The van der Waals surface area contributed by atoms with Crippen LogP contribution in [0.1, 0.15) is 32.3 Å². The summed E-state index contributed by atoms with van der Waals surface area (Å²) in [4.78, 5) is 12.0. The number of methoxy groups -OCH3 is 1. The molecule has 2 fully saturated rings. The van der Waals surface area contributed by atoms with Crippen molar-refractivity contribution in [2.75, 3.05) is 7.11 Å². The highest BCUT2D eigenvalue weighted by molar-refractivity contribution is 5.72. The van der Waals surface area contributed by atoms with E-state index < -0.39 is 5.79 Å². The lowest BCUT2D eigenvalue weighted by Gasteiger charge is -2.35. The van der Waals surface area contributed by atoms with Crippen LogP contribution < -0.4 is 0 Å². The zero-order chi connectivity index (χ0) is 16.4. The van der Waals surface area contributed by atoms with Gasteiger partial charge in [0, 0.05) is 0 Å². The van der Waals surface area contributed by atoms with Crippen LogP contribution in [0.4, 0.5) is 0 Å². The van der Waals surface area contributed by atoms with Crippen molar-refractivity contribution in [3.05, 3.63) is 35.9 Å². The Balaban J connectivity index is 1.71. The van der Waals surface area contributed by atoms with Gasteiger partial charge in [0.25, 0.3) is 0 Å². The van der Waals surface area contributed by atoms with Gasteiger partial charge in [0.15, 0.2) is 5.79 Å². The van der Waals surface area contributed by atoms with E-state index in [0.717, 1.165) is 5.56 Å². The summed E-state index contributed by atoms with van der Waals surface area (Å²) in [6, 6.07) is 9.99. The molecule has 5 nitrogen and oxygen atoms in total. The van der Waals surface area contributed by atoms with Crippen molar-refractivity contribution in [1.82, 2.24) is 0 Å². The van der Waals surface area contributed by atoms with Gasteiger partial charge in [0.2, 0.25) is 0 Å². The van der Waals surface area contributed by atoms with Crippen LogP contribution in [-0.4, -0.2) is 37.2 Å². The summed E-state index contributed by atoms with van der Waals surface area (Å²) in [7, 11) is 1.42. The minimum absolute atomic E-state index is 0.136. The Labute approximate surface area is 136 Å². The van der Waals surface area contributed by atoms with Crippen molar-refractivity contribution in [1.29, 1.82) is 0 Å². The van der Waals surface area contributed by atoms with Gasteiger partial charge < -0.3 is 18.9 Å². The predicted molar refractivity (Wildman–Crippen MR) is 83.6 cm³/mol. The molecule has 0 unspecified atom stereocenters. The van der Waals surface area contributed by atoms with Crippen LogP contribution in [0.3, 0.4) is 0 Å². The molecule has 0 spiro atoms. The topological polar surface area (TPSA) is 54.0 Å². The number of carbonyl (C=O) groups is 1. The quantitative estimate of drug-likeness (QED) is 0.798. The summed E-state index contributed by atoms with van der Waals surface area (Å²) in [5, 5.41) is 0. The van der Waals surface area contributed by atoms with E-state index in [0.29, 0.717) is 19.4 Å². The van der Waals surface area contributed by atoms with Crippen LogP contribution in [0.15, 0.2) is 30.3 Å². The molecular weight excluding hydrogens is 296 g/mol. The molecule has 1 aromatic rings. The molecule has 1 saturated heterocycles. The smallest absolute Gasteiger partial charge is 0.308 e. The Morgan fingerprint density at radius 3 is 2.65 bits per heavy atom. The zero-order valence-electron chi connectivity index (χ0n) is 13.9. The zero-order valence-corrected chi connectivity index (χ0v) is 13.9. The van der Waals surface area contributed by atoms with Gasteiger partial charge in [-0.2, -0.15) is 0 Å². The molecule has 0 N–H and O–H groups in total. The van der Waals surface area contributed by atoms with Crippen LogP contribution in [0.5, 0.6) is 0 Å². The highest BCUT2D eigenvalue weighted by atomic mass is 16.8. The molecule has 5 heteroatoms. The van der Waals surface area contributed by atoms with Crippen molar-refractivity contribution < 1.29 is 23.7 Å². The Bertz CT molecular complexity index is 542. The summed E-state index contributed by atoms with van der Waals surface area (Å²) in [6.07, 6.45) is 0.754. The van der Waals surface area contributed by atoms with Crippen LogP contribution in [0, 0.1) is 5.92 Å². The van der Waals surface area contributed by atoms with E-state index in [-0.39, 0.29) is 30.2 Å². The first-order valence-electron chi connectivity index (χ1n) is 8.07. The number of benzene rings is 1. The number of ether oxygens (including phenoxy) is 4. The molecule has 2 aliphatic rings. The summed E-state index contributed by atoms with van der Waals surface area (Å²) < 4.78 is 23.0. The Kier molecular flexibility index (Phi) is 4.71. The third-order valence-electron chi connectivity index (χ3n) is 4.46. The first kappa shape index (κ1) is 16.4. The third-order valence-corrected chi connectivity index (χ3v) is 4.46. The fourth-order valence-corrected chi connectivity index (χ4v) is 3.45. The molecule has 1 aromatic carbocycles. The predicted octanol–water partition coefficient (Wildman–Crippen LogP) is 2.67. The molecule has 1 heterocycles. The first-order chi connectivity index (χ1) is 11.0. The lowest BCUT2D eigenvalue weighted by molar-refractivity contribution is -0.160. The molecule has 4 atom stereocenters. The number of carbonyl (C=O) groups excluding carboxylic acids is 1. The number of hydrogen-bond donors (Lipinski definition) is 0. The van der Waals surface area contributed by atoms with Gasteiger partial charge in [-0.3, -0.25) is 4.79 Å². The third kappa shape index (κ3) is 3.74. The van der Waals surface area contributed by atoms with E-state index in [1.54, 1.807) is 0 Å². The minimum atomic E-state index is -0.644. The second-order valence-electron chi connectivity index (χ2n) is 6.67. The molecule has 0 bridgehead atoms. The maximum Gasteiger partial charge on any atom is 0.308 e. The van der Waals surface area contributed by atoms with Crippen molar-refractivity contribution in [2.24, 2.45) is 5.92 Å². The fourth-order valence-electron chi connectivity index (χ4n) is 3.45. The normalized spacial score (nSPS) is 32.3. The van der Waals surface area contributed by atoms with Crippen LogP contribution in [-0.2, 0) is 30.3 Å². The second kappa shape index (κ2) is 6.59. The number of fused-ring (bicyclic) bond motifs is 1. The summed E-state index contributed by atoms with van der Waals surface area (Å²) in [5.41, 5.74) is 1.10. The fraction of sp³-hybridized carbons (Fsp3) is 0.611. The van der Waals surface area contributed by atoms with Crippen molar-refractivity contribution in [3.8, 4) is 0 Å². The molecule has 0 radical (unpaired) electrons. The molecular formula is C18H24O5. The Hall–Kier alpha value is -1.43. The minimum Gasteiger partial charge on any atom is -0.469 e. The van der Waals surface area contributed by atoms with Crippen molar-refractivity contribution >= 4 is 5.97 Å². The van der Waals surface area contributed by atoms with Crippen LogP contribution in [0.2, 0.25) is 0 Å². The van der Waals surface area contributed by atoms with Gasteiger partial charge in [0.05, 0.1) is 31.8 Å². The van der Waals surface area contributed by atoms with E-state index in [1.807, 2.05) is 44.2 Å². The summed E-state index contributed by atoms with van der Waals surface area (Å²) >= 11 is 0. The van der Waals surface area contributed by atoms with Gasteiger partial charge >= 0.3 is 5.97 Å². The average Bonchev–Trinajstić information content (AvgIpc) is 2.86. The number of hydrogen-bond acceptors (Lipinski definition) is 5. The average molecular weight is 320 g/mol. The molecule has 1 saturated carbocycles. The van der Waals surface area contributed by atoms with E-state index in [1.165, 1.54) is 7.11 Å². The van der Waals surface area contributed by atoms with Gasteiger partial charge in [-0.1, -0.05) is 30.3 Å². The van der Waals surface area contributed by atoms with E-state index >= 15 is 0 Å². The summed E-state index contributed by atoms with van der Waals surface area (Å²) in [6.45, 7) is 4.28. The lowest BCUT2D eigenvalue weighted by Crippen LogP contribution is -2.46. The molecule has 1 aliphatic heterocycles.